The Morgan fingerprint density at radius 3 is 3.35 bits per heavy atom. The molecule has 0 spiro atoms. The largest absolute Gasteiger partial charge is 0.461 e. The molecule has 3 rings (SSSR count). The van der Waals surface area contributed by atoms with E-state index >= 15 is 0 Å². The van der Waals surface area contributed by atoms with Crippen LogP contribution in [0.4, 0.5) is 0 Å². The van der Waals surface area contributed by atoms with Crippen LogP contribution in [0.3, 0.4) is 0 Å². The van der Waals surface area contributed by atoms with E-state index in [2.05, 4.69) is 5.10 Å². The Kier molecular flexibility index (Phi) is 2.36. The van der Waals surface area contributed by atoms with E-state index in [1.54, 1.807) is 17.5 Å². The van der Waals surface area contributed by atoms with Crippen LogP contribution in [0.5, 0.6) is 0 Å². The summed E-state index contributed by atoms with van der Waals surface area (Å²) < 4.78 is 17.4. The monoisotopic (exact) mass is 236 g/mol. The average molecular weight is 236 g/mol. The highest BCUT2D eigenvalue weighted by molar-refractivity contribution is 5.88. The molecular formula is C11H12N2O4. The second-order valence-electron chi connectivity index (χ2n) is 3.77. The Balaban J connectivity index is 2.03. The minimum Gasteiger partial charge on any atom is -0.461 e. The number of carbonyl (C=O) groups excluding carboxylic acids is 1. The molecular weight excluding hydrogens is 224 g/mol. The summed E-state index contributed by atoms with van der Waals surface area (Å²) in [7, 11) is 0. The molecule has 3 heterocycles. The zero-order chi connectivity index (χ0) is 11.8. The first kappa shape index (κ1) is 10.3. The molecule has 0 radical (unpaired) electrons. The Morgan fingerprint density at radius 2 is 2.53 bits per heavy atom. The van der Waals surface area contributed by atoms with Crippen LogP contribution in [0, 0.1) is 0 Å². The molecule has 1 aliphatic rings. The maximum atomic E-state index is 11.5. The van der Waals surface area contributed by atoms with Crippen molar-refractivity contribution in [3.63, 3.8) is 0 Å². The molecule has 17 heavy (non-hydrogen) atoms. The molecule has 1 aliphatic heterocycles. The SMILES string of the molecule is CCOC(=O)c1cc2oc3c(n2n1)CCOC3. The quantitative estimate of drug-likeness (QED) is 0.732. The number of fused-ring (bicyclic) bond motifs is 3. The number of oxazole rings is 1. The molecule has 0 amide bonds. The van der Waals surface area contributed by atoms with E-state index in [0.29, 0.717) is 25.5 Å². The molecule has 0 saturated heterocycles. The summed E-state index contributed by atoms with van der Waals surface area (Å²) in [6.07, 6.45) is 0.742. The third kappa shape index (κ3) is 1.61. The normalized spacial score (nSPS) is 14.9. The van der Waals surface area contributed by atoms with Crippen LogP contribution < -0.4 is 0 Å². The fraction of sp³-hybridized carbons (Fsp3) is 0.455. The fourth-order valence-electron chi connectivity index (χ4n) is 1.93. The molecule has 2 aromatic heterocycles. The molecule has 0 fully saturated rings. The van der Waals surface area contributed by atoms with Crippen LogP contribution >= 0.6 is 0 Å². The molecule has 0 N–H and O–H groups in total. The number of aromatic nitrogens is 2. The summed E-state index contributed by atoms with van der Waals surface area (Å²) in [5, 5.41) is 4.20. The lowest BCUT2D eigenvalue weighted by Gasteiger charge is -2.09. The molecule has 0 aromatic carbocycles. The van der Waals surface area contributed by atoms with Gasteiger partial charge in [0.1, 0.15) is 6.61 Å². The molecule has 0 unspecified atom stereocenters. The van der Waals surface area contributed by atoms with E-state index in [-0.39, 0.29) is 5.69 Å². The van der Waals surface area contributed by atoms with Gasteiger partial charge in [0.05, 0.1) is 18.9 Å². The summed E-state index contributed by atoms with van der Waals surface area (Å²) in [5.41, 5.74) is 1.81. The molecule has 0 atom stereocenters. The van der Waals surface area contributed by atoms with Crippen molar-refractivity contribution in [3.05, 3.63) is 23.2 Å². The van der Waals surface area contributed by atoms with Gasteiger partial charge in [-0.25, -0.2) is 9.31 Å². The molecule has 0 bridgehead atoms. The minimum atomic E-state index is -0.424. The Labute approximate surface area is 97.1 Å². The first-order valence-corrected chi connectivity index (χ1v) is 5.54. The number of rotatable bonds is 2. The third-order valence-corrected chi connectivity index (χ3v) is 2.68. The minimum absolute atomic E-state index is 0.278. The van der Waals surface area contributed by atoms with Gasteiger partial charge in [-0.1, -0.05) is 0 Å². The van der Waals surface area contributed by atoms with Gasteiger partial charge in [0.15, 0.2) is 11.5 Å². The van der Waals surface area contributed by atoms with Crippen molar-refractivity contribution in [2.45, 2.75) is 20.0 Å². The van der Waals surface area contributed by atoms with Crippen LogP contribution in [-0.2, 0) is 22.5 Å². The number of hydrogen-bond donors (Lipinski definition) is 0. The van der Waals surface area contributed by atoms with Crippen LogP contribution in [0.25, 0.3) is 5.71 Å². The molecule has 6 nitrogen and oxygen atoms in total. The Bertz CT molecular complexity index is 569. The summed E-state index contributed by atoms with van der Waals surface area (Å²) in [6.45, 7) is 3.21. The van der Waals surface area contributed by atoms with Gasteiger partial charge in [-0.2, -0.15) is 5.10 Å². The van der Waals surface area contributed by atoms with E-state index in [1.807, 2.05) is 0 Å². The highest BCUT2D eigenvalue weighted by Gasteiger charge is 2.22. The van der Waals surface area contributed by atoms with Crippen molar-refractivity contribution in [1.82, 2.24) is 9.61 Å². The van der Waals surface area contributed by atoms with Crippen molar-refractivity contribution in [2.24, 2.45) is 0 Å². The number of ether oxygens (including phenoxy) is 2. The van der Waals surface area contributed by atoms with Crippen molar-refractivity contribution in [3.8, 4) is 0 Å². The summed E-state index contributed by atoms with van der Waals surface area (Å²) in [4.78, 5) is 11.5. The number of hydrogen-bond acceptors (Lipinski definition) is 5. The molecule has 2 aromatic rings. The predicted octanol–water partition coefficient (Wildman–Crippen LogP) is 1.18. The zero-order valence-corrected chi connectivity index (χ0v) is 9.43. The van der Waals surface area contributed by atoms with Crippen molar-refractivity contribution >= 4 is 11.7 Å². The van der Waals surface area contributed by atoms with Gasteiger partial charge in [0, 0.05) is 12.5 Å². The molecule has 0 aliphatic carbocycles. The second-order valence-corrected chi connectivity index (χ2v) is 3.77. The van der Waals surface area contributed by atoms with Gasteiger partial charge in [0.25, 0.3) is 0 Å². The van der Waals surface area contributed by atoms with Crippen LogP contribution in [0.1, 0.15) is 28.9 Å². The summed E-state index contributed by atoms with van der Waals surface area (Å²) in [6, 6.07) is 1.59. The van der Waals surface area contributed by atoms with Crippen molar-refractivity contribution in [2.75, 3.05) is 13.2 Å². The van der Waals surface area contributed by atoms with Gasteiger partial charge < -0.3 is 13.9 Å². The van der Waals surface area contributed by atoms with Gasteiger partial charge in [-0.05, 0) is 6.92 Å². The lowest BCUT2D eigenvalue weighted by atomic mass is 10.2. The average Bonchev–Trinajstić information content (AvgIpc) is 2.86. The standard InChI is InChI=1S/C11H12N2O4/c1-2-16-11(14)7-5-10-13(12-7)8-3-4-15-6-9(8)17-10/h5H,2-4,6H2,1H3. The maximum Gasteiger partial charge on any atom is 0.358 e. The van der Waals surface area contributed by atoms with E-state index in [1.165, 1.54) is 0 Å². The van der Waals surface area contributed by atoms with E-state index < -0.39 is 5.97 Å². The van der Waals surface area contributed by atoms with Crippen LogP contribution in [-0.4, -0.2) is 28.8 Å². The number of carbonyl (C=O) groups is 1. The highest BCUT2D eigenvalue weighted by atomic mass is 16.5. The lowest BCUT2D eigenvalue weighted by Crippen LogP contribution is -2.11. The molecule has 90 valence electrons. The van der Waals surface area contributed by atoms with E-state index in [4.69, 9.17) is 13.9 Å². The topological polar surface area (TPSA) is 66.0 Å². The predicted molar refractivity (Wildman–Crippen MR) is 56.8 cm³/mol. The highest BCUT2D eigenvalue weighted by Crippen LogP contribution is 2.22. The zero-order valence-electron chi connectivity index (χ0n) is 9.43. The molecule has 0 saturated carbocycles. The number of esters is 1. The van der Waals surface area contributed by atoms with E-state index in [9.17, 15) is 4.79 Å². The van der Waals surface area contributed by atoms with Gasteiger partial charge in [-0.3, -0.25) is 0 Å². The third-order valence-electron chi connectivity index (χ3n) is 2.68. The van der Waals surface area contributed by atoms with Gasteiger partial charge in [0.2, 0.25) is 5.71 Å². The molecule has 6 heteroatoms. The van der Waals surface area contributed by atoms with Crippen LogP contribution in [0.2, 0.25) is 0 Å². The first-order valence-electron chi connectivity index (χ1n) is 5.54. The first-order chi connectivity index (χ1) is 8.29. The fourth-order valence-corrected chi connectivity index (χ4v) is 1.93. The van der Waals surface area contributed by atoms with Gasteiger partial charge >= 0.3 is 5.97 Å². The second kappa shape index (κ2) is 3.89. The number of nitrogens with zero attached hydrogens (tertiary/aromatic N) is 2. The van der Waals surface area contributed by atoms with Crippen molar-refractivity contribution in [1.29, 1.82) is 0 Å². The Morgan fingerprint density at radius 1 is 1.65 bits per heavy atom. The van der Waals surface area contributed by atoms with Gasteiger partial charge in [-0.15, -0.1) is 0 Å². The summed E-state index contributed by atoms with van der Waals surface area (Å²) >= 11 is 0. The van der Waals surface area contributed by atoms with Crippen LogP contribution in [0.15, 0.2) is 10.5 Å². The Hall–Kier alpha value is -1.82. The van der Waals surface area contributed by atoms with E-state index in [0.717, 1.165) is 17.9 Å². The smallest absolute Gasteiger partial charge is 0.358 e. The lowest BCUT2D eigenvalue weighted by molar-refractivity contribution is 0.0518. The van der Waals surface area contributed by atoms with Crippen molar-refractivity contribution < 1.29 is 18.7 Å². The maximum absolute atomic E-state index is 11.5. The summed E-state index contributed by atoms with van der Waals surface area (Å²) in [5.74, 6) is 0.362.